The van der Waals surface area contributed by atoms with Gasteiger partial charge in [-0.2, -0.15) is 0 Å². The molecule has 0 aliphatic carbocycles. The van der Waals surface area contributed by atoms with Crippen LogP contribution in [0, 0.1) is 0 Å². The van der Waals surface area contributed by atoms with Crippen molar-refractivity contribution in [2.75, 3.05) is 19.7 Å². The number of aliphatic hydroxyl groups excluding tert-OH is 1. The topological polar surface area (TPSA) is 51.2 Å². The lowest BCUT2D eigenvalue weighted by atomic mass is 10.1. The van der Waals surface area contributed by atoms with Crippen LogP contribution in [0.2, 0.25) is 0 Å². The van der Waals surface area contributed by atoms with E-state index in [9.17, 15) is 5.11 Å². The fraction of sp³-hybridized carbons (Fsp3) is 1.00. The predicted octanol–water partition coefficient (Wildman–Crippen LogP) is 1.35. The Morgan fingerprint density at radius 3 is 2.16 bits per heavy atom. The first-order valence-corrected chi connectivity index (χ1v) is 7.38. The Balaban J connectivity index is 2.12. The van der Waals surface area contributed by atoms with Crippen molar-refractivity contribution in [1.29, 1.82) is 0 Å². The maximum Gasteiger partial charge on any atom is 0.164 e. The van der Waals surface area contributed by atoms with Gasteiger partial charge in [0.25, 0.3) is 0 Å². The second kappa shape index (κ2) is 6.06. The molecule has 0 aromatic carbocycles. The van der Waals surface area contributed by atoms with E-state index in [0.29, 0.717) is 0 Å². The van der Waals surface area contributed by atoms with Gasteiger partial charge in [-0.1, -0.05) is 13.8 Å². The van der Waals surface area contributed by atoms with Crippen LogP contribution in [0.5, 0.6) is 0 Å². The Kier molecular flexibility index (Phi) is 4.84. The molecule has 5 nitrogen and oxygen atoms in total. The first-order chi connectivity index (χ1) is 9.02. The van der Waals surface area contributed by atoms with Gasteiger partial charge in [0.05, 0.1) is 6.61 Å². The van der Waals surface area contributed by atoms with E-state index in [1.54, 1.807) is 0 Å². The normalized spacial score (nSPS) is 36.9. The first kappa shape index (κ1) is 15.2. The summed E-state index contributed by atoms with van der Waals surface area (Å²) in [6, 6.07) is 0. The zero-order chi connectivity index (χ0) is 14.0. The number of hydrogen-bond donors (Lipinski definition) is 1. The third-order valence-electron chi connectivity index (χ3n) is 3.69. The van der Waals surface area contributed by atoms with Crippen molar-refractivity contribution in [1.82, 2.24) is 4.90 Å². The van der Waals surface area contributed by atoms with Crippen molar-refractivity contribution < 1.29 is 19.3 Å². The van der Waals surface area contributed by atoms with Crippen molar-refractivity contribution in [3.8, 4) is 0 Å². The van der Waals surface area contributed by atoms with Gasteiger partial charge in [-0.05, 0) is 26.7 Å². The van der Waals surface area contributed by atoms with Gasteiger partial charge in [0.1, 0.15) is 24.5 Å². The fourth-order valence-corrected chi connectivity index (χ4v) is 3.04. The van der Waals surface area contributed by atoms with E-state index in [2.05, 4.69) is 18.7 Å². The number of fused-ring (bicyclic) bond motifs is 1. The summed E-state index contributed by atoms with van der Waals surface area (Å²) in [6.07, 6.45) is 1.49. The molecule has 1 unspecified atom stereocenters. The number of nitrogens with zero attached hydrogens (tertiary/aromatic N) is 1. The van der Waals surface area contributed by atoms with Crippen LogP contribution in [0.1, 0.15) is 40.5 Å². The Labute approximate surface area is 115 Å². The van der Waals surface area contributed by atoms with Crippen LogP contribution in [0.15, 0.2) is 0 Å². The summed E-state index contributed by atoms with van der Waals surface area (Å²) in [5.74, 6) is -0.588. The first-order valence-electron chi connectivity index (χ1n) is 7.38. The van der Waals surface area contributed by atoms with E-state index in [0.717, 1.165) is 25.9 Å². The molecular weight excluding hydrogens is 246 g/mol. The molecule has 4 atom stereocenters. The number of rotatable bonds is 6. The van der Waals surface area contributed by atoms with Crippen molar-refractivity contribution in [2.24, 2.45) is 0 Å². The van der Waals surface area contributed by atoms with Crippen molar-refractivity contribution >= 4 is 0 Å². The molecule has 2 saturated heterocycles. The van der Waals surface area contributed by atoms with Crippen LogP contribution in [0.25, 0.3) is 0 Å². The Morgan fingerprint density at radius 2 is 1.63 bits per heavy atom. The van der Waals surface area contributed by atoms with E-state index in [1.807, 2.05) is 13.8 Å². The van der Waals surface area contributed by atoms with Gasteiger partial charge in [0.15, 0.2) is 5.79 Å². The van der Waals surface area contributed by atoms with Crippen molar-refractivity contribution in [3.63, 3.8) is 0 Å². The van der Waals surface area contributed by atoms with Gasteiger partial charge >= 0.3 is 0 Å². The Bertz CT molecular complexity index is 291. The zero-order valence-electron chi connectivity index (χ0n) is 12.5. The van der Waals surface area contributed by atoms with Gasteiger partial charge in [-0.15, -0.1) is 0 Å². The fourth-order valence-electron chi connectivity index (χ4n) is 3.04. The summed E-state index contributed by atoms with van der Waals surface area (Å²) in [5, 5.41) is 9.46. The molecule has 2 fully saturated rings. The summed E-state index contributed by atoms with van der Waals surface area (Å²) in [6.45, 7) is 10.1. The number of hydrogen-bond acceptors (Lipinski definition) is 5. The molecule has 2 heterocycles. The monoisotopic (exact) mass is 273 g/mol. The summed E-state index contributed by atoms with van der Waals surface area (Å²) < 4.78 is 17.8. The lowest BCUT2D eigenvalue weighted by Gasteiger charge is -2.31. The maximum absolute atomic E-state index is 9.46. The maximum atomic E-state index is 9.46. The van der Waals surface area contributed by atoms with Crippen molar-refractivity contribution in [3.05, 3.63) is 0 Å². The molecule has 0 amide bonds. The average molecular weight is 273 g/mol. The van der Waals surface area contributed by atoms with Crippen LogP contribution >= 0.6 is 0 Å². The predicted molar refractivity (Wildman–Crippen MR) is 71.7 cm³/mol. The highest BCUT2D eigenvalue weighted by molar-refractivity contribution is 4.97. The summed E-state index contributed by atoms with van der Waals surface area (Å²) in [5.41, 5.74) is 0. The standard InChI is InChI=1S/C14H27NO4/c1-5-7-15(8-6-2)13-12-11(10(9-16)17-13)18-14(3,4)19-12/h10-13,16H,5-9H2,1-4H3/t10-,11-,12-,13?/m1/s1. The number of aliphatic hydroxyl groups is 1. The SMILES string of the molecule is CCCN(CCC)C1O[C@H](CO)[C@H]2OC(C)(C)O[C@@H]12. The van der Waals surface area contributed by atoms with Crippen LogP contribution in [0.4, 0.5) is 0 Å². The average Bonchev–Trinajstić information content (AvgIpc) is 2.82. The van der Waals surface area contributed by atoms with Crippen LogP contribution in [-0.4, -0.2) is 60.0 Å². The molecule has 19 heavy (non-hydrogen) atoms. The summed E-state index contributed by atoms with van der Waals surface area (Å²) in [7, 11) is 0. The summed E-state index contributed by atoms with van der Waals surface area (Å²) in [4.78, 5) is 2.30. The molecule has 0 aromatic heterocycles. The zero-order valence-corrected chi connectivity index (χ0v) is 12.5. The van der Waals surface area contributed by atoms with E-state index < -0.39 is 5.79 Å². The largest absolute Gasteiger partial charge is 0.394 e. The molecule has 0 saturated carbocycles. The molecule has 2 rings (SSSR count). The number of ether oxygens (including phenoxy) is 3. The van der Waals surface area contributed by atoms with E-state index >= 15 is 0 Å². The lowest BCUT2D eigenvalue weighted by molar-refractivity contribution is -0.209. The highest BCUT2D eigenvalue weighted by atomic mass is 16.8. The Morgan fingerprint density at radius 1 is 1.05 bits per heavy atom. The van der Waals surface area contributed by atoms with Gasteiger partial charge < -0.3 is 19.3 Å². The molecule has 0 spiro atoms. The molecule has 0 radical (unpaired) electrons. The molecule has 0 aromatic rings. The molecule has 0 bridgehead atoms. The van der Waals surface area contributed by atoms with Gasteiger partial charge in [-0.3, -0.25) is 4.90 Å². The minimum absolute atomic E-state index is 0.0246. The van der Waals surface area contributed by atoms with Crippen LogP contribution in [0.3, 0.4) is 0 Å². The van der Waals surface area contributed by atoms with Crippen molar-refractivity contribution in [2.45, 2.75) is 70.9 Å². The van der Waals surface area contributed by atoms with Crippen LogP contribution in [-0.2, 0) is 14.2 Å². The second-order valence-electron chi connectivity index (χ2n) is 5.85. The molecular formula is C14H27NO4. The third-order valence-corrected chi connectivity index (χ3v) is 3.69. The lowest BCUT2D eigenvalue weighted by Crippen LogP contribution is -2.45. The third kappa shape index (κ3) is 3.11. The molecule has 5 heteroatoms. The molecule has 2 aliphatic rings. The van der Waals surface area contributed by atoms with Gasteiger partial charge in [0, 0.05) is 13.1 Å². The second-order valence-corrected chi connectivity index (χ2v) is 5.85. The minimum Gasteiger partial charge on any atom is -0.394 e. The van der Waals surface area contributed by atoms with Crippen LogP contribution < -0.4 is 0 Å². The Hall–Kier alpha value is -0.200. The van der Waals surface area contributed by atoms with Gasteiger partial charge in [0.2, 0.25) is 0 Å². The van der Waals surface area contributed by atoms with E-state index in [4.69, 9.17) is 14.2 Å². The molecule has 112 valence electrons. The quantitative estimate of drug-likeness (QED) is 0.791. The van der Waals surface area contributed by atoms with E-state index in [-0.39, 0.29) is 31.1 Å². The van der Waals surface area contributed by atoms with Gasteiger partial charge in [-0.25, -0.2) is 0 Å². The highest BCUT2D eigenvalue weighted by Crippen LogP contribution is 2.39. The molecule has 2 aliphatic heterocycles. The smallest absolute Gasteiger partial charge is 0.164 e. The molecule has 1 N–H and O–H groups in total. The van der Waals surface area contributed by atoms with E-state index in [1.165, 1.54) is 0 Å². The minimum atomic E-state index is -0.588. The summed E-state index contributed by atoms with van der Waals surface area (Å²) >= 11 is 0. The highest BCUT2D eigenvalue weighted by Gasteiger charge is 2.56.